The molecule has 0 spiro atoms. The van der Waals surface area contributed by atoms with Crippen molar-refractivity contribution in [3.8, 4) is 0 Å². The van der Waals surface area contributed by atoms with Crippen molar-refractivity contribution < 1.29 is 19.2 Å². The van der Waals surface area contributed by atoms with Gasteiger partial charge in [-0.3, -0.25) is 24.6 Å². The Hall–Kier alpha value is -2.28. The third-order valence-corrected chi connectivity index (χ3v) is 3.58. The minimum Gasteiger partial charge on any atom is -0.376 e. The predicted molar refractivity (Wildman–Crippen MR) is 67.4 cm³/mol. The van der Waals surface area contributed by atoms with Gasteiger partial charge < -0.3 is 4.74 Å². The van der Waals surface area contributed by atoms with Crippen LogP contribution in [0.1, 0.15) is 33.6 Å². The van der Waals surface area contributed by atoms with Gasteiger partial charge in [0.15, 0.2) is 0 Å². The normalized spacial score (nSPS) is 21.4. The van der Waals surface area contributed by atoms with Crippen LogP contribution in [0.25, 0.3) is 0 Å². The second-order valence-corrected chi connectivity index (χ2v) is 4.81. The number of nitro groups is 1. The highest BCUT2D eigenvalue weighted by atomic mass is 16.6. The molecule has 0 bridgehead atoms. The molecule has 2 aliphatic heterocycles. The molecule has 20 heavy (non-hydrogen) atoms. The second-order valence-electron chi connectivity index (χ2n) is 4.81. The number of nitro benzene ring substituents is 1. The van der Waals surface area contributed by atoms with E-state index in [-0.39, 0.29) is 29.5 Å². The maximum Gasteiger partial charge on any atom is 0.282 e. The minimum absolute atomic E-state index is 0.0993. The molecule has 1 aromatic rings. The van der Waals surface area contributed by atoms with Crippen molar-refractivity contribution in [2.45, 2.75) is 18.9 Å². The van der Waals surface area contributed by atoms with Crippen LogP contribution in [0, 0.1) is 10.1 Å². The van der Waals surface area contributed by atoms with Crippen LogP contribution in [0.4, 0.5) is 5.69 Å². The first kappa shape index (κ1) is 12.7. The number of carbonyl (C=O) groups excluding carboxylic acids is 2. The summed E-state index contributed by atoms with van der Waals surface area (Å²) < 4.78 is 5.41. The molecular weight excluding hydrogens is 264 g/mol. The van der Waals surface area contributed by atoms with Crippen molar-refractivity contribution in [2.24, 2.45) is 0 Å². The first-order chi connectivity index (χ1) is 9.59. The van der Waals surface area contributed by atoms with E-state index in [2.05, 4.69) is 0 Å². The van der Waals surface area contributed by atoms with Gasteiger partial charge >= 0.3 is 0 Å². The summed E-state index contributed by atoms with van der Waals surface area (Å²) in [6.45, 7) is 0.775. The lowest BCUT2D eigenvalue weighted by Crippen LogP contribution is -2.36. The summed E-state index contributed by atoms with van der Waals surface area (Å²) in [6.07, 6.45) is 1.51. The monoisotopic (exact) mass is 276 g/mol. The Morgan fingerprint density at radius 1 is 1.35 bits per heavy atom. The molecule has 0 radical (unpaired) electrons. The Morgan fingerprint density at radius 2 is 2.15 bits per heavy atom. The molecular formula is C13H12N2O5. The zero-order valence-corrected chi connectivity index (χ0v) is 10.6. The summed E-state index contributed by atoms with van der Waals surface area (Å²) in [5, 5.41) is 11.0. The lowest BCUT2D eigenvalue weighted by Gasteiger charge is -2.17. The van der Waals surface area contributed by atoms with Crippen LogP contribution in [0.3, 0.4) is 0 Å². The maximum atomic E-state index is 12.3. The zero-order valence-electron chi connectivity index (χ0n) is 10.6. The molecule has 2 aliphatic rings. The van der Waals surface area contributed by atoms with Gasteiger partial charge in [0.1, 0.15) is 5.56 Å². The van der Waals surface area contributed by atoms with Gasteiger partial charge in [-0.05, 0) is 18.9 Å². The molecule has 1 atom stereocenters. The van der Waals surface area contributed by atoms with Crippen LogP contribution in [-0.2, 0) is 4.74 Å². The molecule has 0 aliphatic carbocycles. The van der Waals surface area contributed by atoms with E-state index < -0.39 is 16.7 Å². The molecule has 0 unspecified atom stereocenters. The summed E-state index contributed by atoms with van der Waals surface area (Å²) in [4.78, 5) is 35.8. The standard InChI is InChI=1S/C13H12N2O5/c16-12-9-4-1-5-10(15(18)19)11(9)13(17)14(12)7-8-3-2-6-20-8/h1,4-5,8H,2-3,6-7H2/t8-/m1/s1. The fraction of sp³-hybridized carbons (Fsp3) is 0.385. The molecule has 2 heterocycles. The van der Waals surface area contributed by atoms with Gasteiger partial charge in [-0.25, -0.2) is 0 Å². The number of fused-ring (bicyclic) bond motifs is 1. The molecule has 2 amide bonds. The van der Waals surface area contributed by atoms with E-state index in [0.717, 1.165) is 17.7 Å². The fourth-order valence-corrected chi connectivity index (χ4v) is 2.63. The molecule has 1 fully saturated rings. The average Bonchev–Trinajstić information content (AvgIpc) is 3.02. The number of nitrogens with zero attached hydrogens (tertiary/aromatic N) is 2. The summed E-state index contributed by atoms with van der Waals surface area (Å²) >= 11 is 0. The Morgan fingerprint density at radius 3 is 2.80 bits per heavy atom. The average molecular weight is 276 g/mol. The lowest BCUT2D eigenvalue weighted by atomic mass is 10.1. The van der Waals surface area contributed by atoms with Crippen LogP contribution in [0.2, 0.25) is 0 Å². The number of amides is 2. The van der Waals surface area contributed by atoms with E-state index in [0.29, 0.717) is 6.61 Å². The van der Waals surface area contributed by atoms with Crippen molar-refractivity contribution >= 4 is 17.5 Å². The number of imide groups is 1. The summed E-state index contributed by atoms with van der Waals surface area (Å²) in [5.74, 6) is -1.09. The Kier molecular flexibility index (Phi) is 2.98. The second kappa shape index (κ2) is 4.68. The van der Waals surface area contributed by atoms with Crippen LogP contribution in [0.15, 0.2) is 18.2 Å². The molecule has 0 aromatic heterocycles. The van der Waals surface area contributed by atoms with Crippen molar-refractivity contribution in [1.29, 1.82) is 0 Å². The van der Waals surface area contributed by atoms with Crippen molar-refractivity contribution in [3.63, 3.8) is 0 Å². The molecule has 0 N–H and O–H groups in total. The van der Waals surface area contributed by atoms with E-state index in [9.17, 15) is 19.7 Å². The minimum atomic E-state index is -0.639. The van der Waals surface area contributed by atoms with Gasteiger partial charge in [-0.15, -0.1) is 0 Å². The number of benzene rings is 1. The highest BCUT2D eigenvalue weighted by Crippen LogP contribution is 2.31. The maximum absolute atomic E-state index is 12.3. The molecule has 3 rings (SSSR count). The van der Waals surface area contributed by atoms with Gasteiger partial charge in [0.2, 0.25) is 0 Å². The molecule has 7 nitrogen and oxygen atoms in total. The van der Waals surface area contributed by atoms with Gasteiger partial charge in [-0.2, -0.15) is 0 Å². The van der Waals surface area contributed by atoms with E-state index in [1.807, 2.05) is 0 Å². The first-order valence-electron chi connectivity index (χ1n) is 6.35. The molecule has 0 saturated carbocycles. The summed E-state index contributed by atoms with van der Waals surface area (Å²) in [7, 11) is 0. The molecule has 104 valence electrons. The third-order valence-electron chi connectivity index (χ3n) is 3.58. The number of ether oxygens (including phenoxy) is 1. The zero-order chi connectivity index (χ0) is 14.3. The van der Waals surface area contributed by atoms with Gasteiger partial charge in [0.05, 0.1) is 23.1 Å². The van der Waals surface area contributed by atoms with Crippen molar-refractivity contribution in [2.75, 3.05) is 13.2 Å². The number of carbonyl (C=O) groups is 2. The SMILES string of the molecule is O=C1c2cccc([N+](=O)[O-])c2C(=O)N1C[C@H]1CCCO1. The Labute approximate surface area is 114 Å². The summed E-state index contributed by atoms with van der Waals surface area (Å²) in [5.41, 5.74) is -0.335. The number of rotatable bonds is 3. The Balaban J connectivity index is 1.95. The molecule has 7 heteroatoms. The fourth-order valence-electron chi connectivity index (χ4n) is 2.63. The molecule has 1 aromatic carbocycles. The third kappa shape index (κ3) is 1.87. The van der Waals surface area contributed by atoms with Crippen LogP contribution in [-0.4, -0.2) is 40.9 Å². The van der Waals surface area contributed by atoms with E-state index in [4.69, 9.17) is 4.74 Å². The van der Waals surface area contributed by atoms with E-state index >= 15 is 0 Å². The number of hydrogen-bond donors (Lipinski definition) is 0. The number of hydrogen-bond acceptors (Lipinski definition) is 5. The van der Waals surface area contributed by atoms with Gasteiger partial charge in [0, 0.05) is 12.7 Å². The van der Waals surface area contributed by atoms with Crippen LogP contribution >= 0.6 is 0 Å². The van der Waals surface area contributed by atoms with Crippen molar-refractivity contribution in [3.05, 3.63) is 39.4 Å². The topological polar surface area (TPSA) is 89.8 Å². The van der Waals surface area contributed by atoms with Crippen LogP contribution < -0.4 is 0 Å². The van der Waals surface area contributed by atoms with Crippen molar-refractivity contribution in [1.82, 2.24) is 4.90 Å². The predicted octanol–water partition coefficient (Wildman–Crippen LogP) is 1.37. The van der Waals surface area contributed by atoms with Gasteiger partial charge in [-0.1, -0.05) is 6.07 Å². The molecule has 1 saturated heterocycles. The summed E-state index contributed by atoms with van der Waals surface area (Å²) in [6, 6.07) is 4.09. The highest BCUT2D eigenvalue weighted by Gasteiger charge is 2.42. The lowest BCUT2D eigenvalue weighted by molar-refractivity contribution is -0.385. The largest absolute Gasteiger partial charge is 0.376 e. The smallest absolute Gasteiger partial charge is 0.282 e. The van der Waals surface area contributed by atoms with Crippen LogP contribution in [0.5, 0.6) is 0 Å². The van der Waals surface area contributed by atoms with Gasteiger partial charge in [0.25, 0.3) is 17.5 Å². The Bertz CT molecular complexity index is 607. The van der Waals surface area contributed by atoms with E-state index in [1.165, 1.54) is 18.2 Å². The first-order valence-corrected chi connectivity index (χ1v) is 6.35. The quantitative estimate of drug-likeness (QED) is 0.472. The van der Waals surface area contributed by atoms with E-state index in [1.54, 1.807) is 0 Å². The highest BCUT2D eigenvalue weighted by molar-refractivity contribution is 6.23.